The van der Waals surface area contributed by atoms with Gasteiger partial charge in [-0.1, -0.05) is 0 Å². The van der Waals surface area contributed by atoms with E-state index >= 15 is 0 Å². The van der Waals surface area contributed by atoms with Crippen LogP contribution in [0, 0.1) is 0 Å². The topological polar surface area (TPSA) is 607 Å². The zero-order valence-corrected chi connectivity index (χ0v) is 52.1. The second-order valence-corrected chi connectivity index (χ2v) is 55.7. The van der Waals surface area contributed by atoms with E-state index in [4.69, 9.17) is 0 Å². The van der Waals surface area contributed by atoms with Gasteiger partial charge in [-0.2, -0.15) is 0 Å². The minimum Gasteiger partial charge on any atom is 2.00 e. The van der Waals surface area contributed by atoms with Crippen molar-refractivity contribution >= 4 is 25.2 Å². The summed E-state index contributed by atoms with van der Waals surface area (Å²) in [5.41, 5.74) is 0. The Morgan fingerprint density at radius 3 is 0.545 bits per heavy atom. The fourth-order valence-electron chi connectivity index (χ4n) is 1.40. The molecule has 0 aliphatic heterocycles. The summed E-state index contributed by atoms with van der Waals surface area (Å²) in [5, 5.41) is 0. The molecular formula is AlMo12O40PZn+2. The van der Waals surface area contributed by atoms with E-state index in [0.717, 1.165) is 0 Å². The Morgan fingerprint density at radius 1 is 0.273 bits per heavy atom. The van der Waals surface area contributed by atoms with Crippen LogP contribution in [0.15, 0.2) is 0 Å². The predicted octanol–water partition coefficient (Wildman–Crippen LogP) is -6.91. The molecule has 55 heteroatoms. The fourth-order valence-corrected chi connectivity index (χ4v) is 60.0. The maximum atomic E-state index is 12.7. The van der Waals surface area contributed by atoms with Crippen LogP contribution in [-0.2, 0) is 334 Å². The van der Waals surface area contributed by atoms with Crippen LogP contribution in [0.4, 0.5) is 0 Å². The molecule has 0 saturated carbocycles. The molecular weight excluding hydrogens is 1910 g/mol. The molecule has 0 saturated heterocycles. The summed E-state index contributed by atoms with van der Waals surface area (Å²) in [5.74, 6) is 0. The molecule has 320 valence electrons. The maximum Gasteiger partial charge on any atom is 3.00 e. The first kappa shape index (κ1) is 63.5. The van der Waals surface area contributed by atoms with Gasteiger partial charge in [0.25, 0.3) is 0 Å². The number of hydrogen-bond donors (Lipinski definition) is 0. The number of rotatable bonds is 24. The standard InChI is InChI=1S/Al.12Mo.H3O4P.36O.Zn/c;;;;;;;;;;;;;1-5(2,3)4;;;;;;;;;;;;;;;;;;;;;;;;;;;;;;;;;;;;;/h;;;;;;;;;;;;;(H3,1,2,3,4);;;;;;;;;;;;;;;;;;;;;;;;;;;;;;;;;;;;;/q+3;;;;;;;;;;3*+1;;;;;;;;;;;;;;;;;;;;;;;;;;;;;;;;;;;3*-1;+2/p-3. The van der Waals surface area contributed by atoms with Gasteiger partial charge in [0.05, 0.1) is 0 Å². The van der Waals surface area contributed by atoms with Gasteiger partial charge in [0.1, 0.15) is 0 Å². The molecule has 0 rings (SSSR count). The molecule has 0 amide bonds. The Labute approximate surface area is 363 Å². The van der Waals surface area contributed by atoms with Gasteiger partial charge in [-0.25, -0.2) is 0 Å². The van der Waals surface area contributed by atoms with Crippen LogP contribution in [-0.4, -0.2) is 17.4 Å². The molecule has 0 bridgehead atoms. The quantitative estimate of drug-likeness (QED) is 0.0640. The van der Waals surface area contributed by atoms with Crippen LogP contribution in [0.25, 0.3) is 0 Å². The van der Waals surface area contributed by atoms with Crippen LogP contribution >= 0.6 is 7.82 Å². The summed E-state index contributed by atoms with van der Waals surface area (Å²) in [7, 11) is -7.94. The molecule has 0 N–H and O–H groups in total. The van der Waals surface area contributed by atoms with E-state index in [1.165, 1.54) is 0 Å². The van der Waals surface area contributed by atoms with Crippen LogP contribution in [0.2, 0.25) is 0 Å². The molecule has 0 heterocycles. The van der Waals surface area contributed by atoms with Gasteiger partial charge in [0.2, 0.25) is 0 Å². The summed E-state index contributed by atoms with van der Waals surface area (Å²) in [6.45, 7) is 0. The van der Waals surface area contributed by atoms with E-state index in [1.54, 1.807) is 0 Å². The van der Waals surface area contributed by atoms with E-state index in [1.807, 2.05) is 0 Å². The average molecular weight is 1910 g/mol. The minimum absolute atomic E-state index is 0. The number of hydrogen-bond acceptors (Lipinski definition) is 40. The molecule has 0 atom stereocenters. The first-order chi connectivity index (χ1) is 22.5. The molecule has 55 heavy (non-hydrogen) atoms. The second kappa shape index (κ2) is 21.5. The summed E-state index contributed by atoms with van der Waals surface area (Å²) >= 11 is -98.5. The SMILES string of the molecule is O=P([O][Mo](=[O])(=[O])[O][Mo](=[O])(=[O])[O][Mo](=[O])(=[O])[O][Mo](=[O])(=[O])[O-])([O][Mo](=[O])(=[O])[O][Mo](=[O])(=[O])[O][Mo](=[O])(=[O])[O][Mo](=[O])(=[O])[O-])[O][Mo](=[O])(=[O])[O][Mo](=[O])(=[O])[O][Mo](=[O])(=[O])[O][Mo](=[O])(=[O])[O-].[Al+3].[Zn+2]. The Bertz CT molecular complexity index is 2520. The molecule has 0 aromatic rings. The van der Waals surface area contributed by atoms with E-state index in [-0.39, 0.29) is 36.8 Å². The van der Waals surface area contributed by atoms with Gasteiger partial charge in [-0.15, -0.1) is 0 Å². The van der Waals surface area contributed by atoms with E-state index < -0.39 is 209 Å². The van der Waals surface area contributed by atoms with Crippen molar-refractivity contribution in [2.45, 2.75) is 0 Å². The largest absolute Gasteiger partial charge is 3.00 e. The van der Waals surface area contributed by atoms with Crippen molar-refractivity contribution in [2.75, 3.05) is 0 Å². The van der Waals surface area contributed by atoms with Crippen LogP contribution in [0.3, 0.4) is 0 Å². The number of phosphoric acid groups is 1. The summed E-state index contributed by atoms with van der Waals surface area (Å²) < 4.78 is 351. The minimum atomic E-state index is -8.82. The average Bonchev–Trinajstić information content (AvgIpc) is 2.58. The molecule has 0 spiro atoms. The molecule has 0 aromatic heterocycles. The first-order valence-corrected chi connectivity index (χ1v) is 49.5. The van der Waals surface area contributed by atoms with Crippen molar-refractivity contribution < 1.29 is 346 Å². The maximum absolute atomic E-state index is 12.7. The third-order valence-electron chi connectivity index (χ3n) is 2.05. The first-order valence-electron chi connectivity index (χ1n) is 8.73. The molecule has 0 unspecified atom stereocenters. The smallest absolute Gasteiger partial charge is 2.00 e. The Kier molecular flexibility index (Phi) is 24.8. The summed E-state index contributed by atoms with van der Waals surface area (Å²) in [4.78, 5) is 0. The van der Waals surface area contributed by atoms with Crippen molar-refractivity contribution in [1.82, 2.24) is 0 Å². The molecule has 0 aromatic carbocycles. The fraction of sp³-hybridized carbons (Fsp3) is 0. The normalized spacial score (nSPS) is 15.0. The third-order valence-corrected chi connectivity index (χ3v) is 62.2. The summed E-state index contributed by atoms with van der Waals surface area (Å²) in [6, 6.07) is 0. The second-order valence-electron chi connectivity index (χ2n) is 6.18. The Morgan fingerprint density at radius 2 is 0.400 bits per heavy atom. The van der Waals surface area contributed by atoms with Crippen LogP contribution in [0.1, 0.15) is 0 Å². The zero-order chi connectivity index (χ0) is 43.0. The van der Waals surface area contributed by atoms with Gasteiger partial charge < -0.3 is 0 Å². The van der Waals surface area contributed by atoms with Crippen molar-refractivity contribution in [2.24, 2.45) is 0 Å². The Balaban J connectivity index is -0.0000135. The van der Waals surface area contributed by atoms with Gasteiger partial charge in [0, 0.05) is 0 Å². The van der Waals surface area contributed by atoms with E-state index in [0.29, 0.717) is 0 Å². The Hall–Kier alpha value is 4.25. The molecule has 0 radical (unpaired) electrons. The van der Waals surface area contributed by atoms with Crippen molar-refractivity contribution in [3.63, 3.8) is 0 Å². The molecule has 0 aliphatic carbocycles. The van der Waals surface area contributed by atoms with E-state index in [2.05, 4.69) is 27.9 Å². The molecule has 40 nitrogen and oxygen atoms in total. The van der Waals surface area contributed by atoms with Crippen molar-refractivity contribution in [3.05, 3.63) is 0 Å². The molecule has 0 aliphatic rings. The van der Waals surface area contributed by atoms with Crippen molar-refractivity contribution in [3.8, 4) is 0 Å². The predicted molar refractivity (Wildman–Crippen MR) is 42.9 cm³/mol. The molecule has 0 fully saturated rings. The summed E-state index contributed by atoms with van der Waals surface area (Å²) in [6.07, 6.45) is 0. The van der Waals surface area contributed by atoms with Gasteiger partial charge in [0.15, 0.2) is 0 Å². The van der Waals surface area contributed by atoms with Crippen LogP contribution in [0.5, 0.6) is 0 Å². The monoisotopic (exact) mass is 1940 g/mol. The zero-order valence-electron chi connectivity index (χ0n) is 23.0. The van der Waals surface area contributed by atoms with Crippen LogP contribution < -0.4 is 11.3 Å². The van der Waals surface area contributed by atoms with Gasteiger partial charge >= 0.3 is 371 Å². The van der Waals surface area contributed by atoms with Gasteiger partial charge in [-0.3, -0.25) is 0 Å². The third kappa shape index (κ3) is 31.7. The van der Waals surface area contributed by atoms with Gasteiger partial charge in [-0.05, 0) is 0 Å². The van der Waals surface area contributed by atoms with Crippen molar-refractivity contribution in [1.29, 1.82) is 0 Å². The van der Waals surface area contributed by atoms with E-state index in [9.17, 15) is 97.4 Å².